The first-order valence-corrected chi connectivity index (χ1v) is 6.05. The highest BCUT2D eigenvalue weighted by Crippen LogP contribution is 2.29. The minimum atomic E-state index is -4.29. The van der Waals surface area contributed by atoms with Crippen LogP contribution in [-0.2, 0) is 17.5 Å². The van der Waals surface area contributed by atoms with Crippen LogP contribution in [0.5, 0.6) is 0 Å². The van der Waals surface area contributed by atoms with Gasteiger partial charge in [0.1, 0.15) is 0 Å². The zero-order valence-corrected chi connectivity index (χ0v) is 10.9. The largest absolute Gasteiger partial charge is 0.416 e. The van der Waals surface area contributed by atoms with Gasteiger partial charge in [0.2, 0.25) is 0 Å². The summed E-state index contributed by atoms with van der Waals surface area (Å²) in [5, 5.41) is 0. The SMILES string of the molecule is COCCN(CCN)Cc1ccc(C(F)(F)F)cc1. The Morgan fingerprint density at radius 3 is 2.26 bits per heavy atom. The van der Waals surface area contributed by atoms with Gasteiger partial charge >= 0.3 is 6.18 Å². The van der Waals surface area contributed by atoms with Gasteiger partial charge in [-0.2, -0.15) is 13.2 Å². The van der Waals surface area contributed by atoms with Crippen LogP contribution in [-0.4, -0.2) is 38.3 Å². The quantitative estimate of drug-likeness (QED) is 0.829. The van der Waals surface area contributed by atoms with E-state index in [-0.39, 0.29) is 0 Å². The average molecular weight is 276 g/mol. The van der Waals surface area contributed by atoms with E-state index in [2.05, 4.69) is 0 Å². The topological polar surface area (TPSA) is 38.5 Å². The fourth-order valence-electron chi connectivity index (χ4n) is 1.73. The van der Waals surface area contributed by atoms with E-state index in [0.717, 1.165) is 17.7 Å². The summed E-state index contributed by atoms with van der Waals surface area (Å²) < 4.78 is 42.3. The van der Waals surface area contributed by atoms with Crippen LogP contribution >= 0.6 is 0 Å². The molecule has 0 saturated carbocycles. The molecule has 108 valence electrons. The van der Waals surface area contributed by atoms with Crippen molar-refractivity contribution in [3.63, 3.8) is 0 Å². The lowest BCUT2D eigenvalue weighted by Crippen LogP contribution is -2.32. The molecule has 1 rings (SSSR count). The molecule has 19 heavy (non-hydrogen) atoms. The number of nitrogens with two attached hydrogens (primary N) is 1. The zero-order valence-electron chi connectivity index (χ0n) is 10.9. The van der Waals surface area contributed by atoms with Crippen molar-refractivity contribution in [3.05, 3.63) is 35.4 Å². The molecule has 1 aromatic carbocycles. The molecule has 0 radical (unpaired) electrons. The molecule has 0 aliphatic carbocycles. The Morgan fingerprint density at radius 2 is 1.79 bits per heavy atom. The molecule has 2 N–H and O–H groups in total. The van der Waals surface area contributed by atoms with Crippen LogP contribution in [0.3, 0.4) is 0 Å². The third kappa shape index (κ3) is 5.59. The van der Waals surface area contributed by atoms with Gasteiger partial charge in [0, 0.05) is 33.3 Å². The van der Waals surface area contributed by atoms with Crippen LogP contribution in [0.2, 0.25) is 0 Å². The molecular weight excluding hydrogens is 257 g/mol. The van der Waals surface area contributed by atoms with Crippen molar-refractivity contribution >= 4 is 0 Å². The molecule has 6 heteroatoms. The number of nitrogens with zero attached hydrogens (tertiary/aromatic N) is 1. The predicted octanol–water partition coefficient (Wildman–Crippen LogP) is 2.11. The number of methoxy groups -OCH3 is 1. The summed E-state index contributed by atoms with van der Waals surface area (Å²) in [4.78, 5) is 2.05. The molecule has 0 aliphatic rings. The Labute approximate surface area is 111 Å². The Balaban J connectivity index is 2.64. The summed E-state index contributed by atoms with van der Waals surface area (Å²) in [6, 6.07) is 5.21. The maximum atomic E-state index is 12.4. The van der Waals surface area contributed by atoms with Gasteiger partial charge in [0.25, 0.3) is 0 Å². The van der Waals surface area contributed by atoms with Gasteiger partial charge in [-0.25, -0.2) is 0 Å². The molecule has 0 fully saturated rings. The summed E-state index contributed by atoms with van der Waals surface area (Å²) >= 11 is 0. The highest BCUT2D eigenvalue weighted by Gasteiger charge is 2.29. The lowest BCUT2D eigenvalue weighted by atomic mass is 10.1. The van der Waals surface area contributed by atoms with Crippen molar-refractivity contribution in [2.45, 2.75) is 12.7 Å². The number of alkyl halides is 3. The predicted molar refractivity (Wildman–Crippen MR) is 67.7 cm³/mol. The van der Waals surface area contributed by atoms with Crippen LogP contribution in [0.4, 0.5) is 13.2 Å². The molecule has 3 nitrogen and oxygen atoms in total. The van der Waals surface area contributed by atoms with Gasteiger partial charge in [-0.3, -0.25) is 4.90 Å². The highest BCUT2D eigenvalue weighted by atomic mass is 19.4. The second-order valence-electron chi connectivity index (χ2n) is 4.25. The van der Waals surface area contributed by atoms with Crippen molar-refractivity contribution in [2.75, 3.05) is 33.4 Å². The van der Waals surface area contributed by atoms with Gasteiger partial charge < -0.3 is 10.5 Å². The van der Waals surface area contributed by atoms with Crippen LogP contribution in [0.15, 0.2) is 24.3 Å². The van der Waals surface area contributed by atoms with Gasteiger partial charge in [0.15, 0.2) is 0 Å². The molecule has 0 bridgehead atoms. The van der Waals surface area contributed by atoms with E-state index >= 15 is 0 Å². The van der Waals surface area contributed by atoms with Crippen LogP contribution in [0, 0.1) is 0 Å². The number of hydrogen-bond donors (Lipinski definition) is 1. The van der Waals surface area contributed by atoms with Crippen molar-refractivity contribution in [1.29, 1.82) is 0 Å². The second kappa shape index (κ2) is 7.47. The first-order chi connectivity index (χ1) is 8.97. The number of rotatable bonds is 7. The van der Waals surface area contributed by atoms with Crippen molar-refractivity contribution in [1.82, 2.24) is 4.90 Å². The first-order valence-electron chi connectivity index (χ1n) is 6.05. The lowest BCUT2D eigenvalue weighted by Gasteiger charge is -2.21. The normalized spacial score (nSPS) is 12.1. The minimum absolute atomic E-state index is 0.504. The fourth-order valence-corrected chi connectivity index (χ4v) is 1.73. The van der Waals surface area contributed by atoms with Crippen LogP contribution in [0.1, 0.15) is 11.1 Å². The summed E-state index contributed by atoms with van der Waals surface area (Å²) in [5.41, 5.74) is 5.71. The number of benzene rings is 1. The fraction of sp³-hybridized carbons (Fsp3) is 0.538. The van der Waals surface area contributed by atoms with Crippen molar-refractivity contribution < 1.29 is 17.9 Å². The van der Waals surface area contributed by atoms with E-state index in [0.29, 0.717) is 32.8 Å². The van der Waals surface area contributed by atoms with E-state index in [1.54, 1.807) is 7.11 Å². The summed E-state index contributed by atoms with van der Waals surface area (Å²) in [5.74, 6) is 0. The summed E-state index contributed by atoms with van der Waals surface area (Å²) in [7, 11) is 1.61. The third-order valence-electron chi connectivity index (χ3n) is 2.74. The van der Waals surface area contributed by atoms with Crippen LogP contribution in [0.25, 0.3) is 0 Å². The first kappa shape index (κ1) is 15.9. The number of hydrogen-bond acceptors (Lipinski definition) is 3. The lowest BCUT2D eigenvalue weighted by molar-refractivity contribution is -0.137. The van der Waals surface area contributed by atoms with Gasteiger partial charge in [-0.1, -0.05) is 12.1 Å². The maximum Gasteiger partial charge on any atom is 0.416 e. The molecule has 1 aromatic rings. The van der Waals surface area contributed by atoms with Crippen molar-refractivity contribution in [2.24, 2.45) is 5.73 Å². The van der Waals surface area contributed by atoms with Gasteiger partial charge in [0.05, 0.1) is 12.2 Å². The van der Waals surface area contributed by atoms with E-state index < -0.39 is 11.7 Å². The van der Waals surface area contributed by atoms with E-state index in [9.17, 15) is 13.2 Å². The number of halogens is 3. The summed E-state index contributed by atoms with van der Waals surface area (Å²) in [6.07, 6.45) is -4.29. The Morgan fingerprint density at radius 1 is 1.16 bits per heavy atom. The smallest absolute Gasteiger partial charge is 0.383 e. The van der Waals surface area contributed by atoms with Gasteiger partial charge in [-0.05, 0) is 17.7 Å². The van der Waals surface area contributed by atoms with Crippen LogP contribution < -0.4 is 5.73 Å². The average Bonchev–Trinajstić information content (AvgIpc) is 2.36. The molecule has 0 saturated heterocycles. The molecule has 0 amide bonds. The molecule has 0 spiro atoms. The minimum Gasteiger partial charge on any atom is -0.383 e. The van der Waals surface area contributed by atoms with E-state index in [1.165, 1.54) is 12.1 Å². The van der Waals surface area contributed by atoms with E-state index in [4.69, 9.17) is 10.5 Å². The third-order valence-corrected chi connectivity index (χ3v) is 2.74. The molecule has 0 unspecified atom stereocenters. The van der Waals surface area contributed by atoms with Crippen molar-refractivity contribution in [3.8, 4) is 0 Å². The number of ether oxygens (including phenoxy) is 1. The molecule has 0 aliphatic heterocycles. The highest BCUT2D eigenvalue weighted by molar-refractivity contribution is 5.24. The Hall–Kier alpha value is -1.11. The van der Waals surface area contributed by atoms with Gasteiger partial charge in [-0.15, -0.1) is 0 Å². The monoisotopic (exact) mass is 276 g/mol. The van der Waals surface area contributed by atoms with E-state index in [1.807, 2.05) is 4.90 Å². The molecule has 0 heterocycles. The molecular formula is C13H19F3N2O. The molecule has 0 aromatic heterocycles. The molecule has 0 atom stereocenters. The Bertz CT molecular complexity index is 365. The summed E-state index contributed by atoms with van der Waals surface area (Å²) in [6.45, 7) is 3.03. The Kier molecular flexibility index (Phi) is 6.27. The standard InChI is InChI=1S/C13H19F3N2O/c1-19-9-8-18(7-6-17)10-11-2-4-12(5-3-11)13(14,15)16/h2-5H,6-10,17H2,1H3. The maximum absolute atomic E-state index is 12.4. The zero-order chi connectivity index (χ0) is 14.3. The second-order valence-corrected chi connectivity index (χ2v) is 4.25.